The molecule has 2 unspecified atom stereocenters. The van der Waals surface area contributed by atoms with Gasteiger partial charge in [-0.05, 0) is 24.6 Å². The Bertz CT molecular complexity index is 573. The molecule has 1 saturated heterocycles. The van der Waals surface area contributed by atoms with Gasteiger partial charge in [-0.15, -0.1) is 23.5 Å². The zero-order valence-corrected chi connectivity index (χ0v) is 13.3. The summed E-state index contributed by atoms with van der Waals surface area (Å²) in [5.74, 6) is 1.71. The smallest absolute Gasteiger partial charge is 0.238 e. The van der Waals surface area contributed by atoms with Gasteiger partial charge in [0, 0.05) is 23.1 Å². The van der Waals surface area contributed by atoms with Crippen molar-refractivity contribution in [1.29, 1.82) is 0 Å². The van der Waals surface area contributed by atoms with Crippen molar-refractivity contribution in [3.63, 3.8) is 0 Å². The van der Waals surface area contributed by atoms with Crippen LogP contribution in [0.15, 0.2) is 23.1 Å². The number of carbonyl (C=O) groups is 2. The number of benzene rings is 1. The number of amides is 2. The number of nitrogens with one attached hydrogen (secondary N) is 3. The molecule has 0 saturated carbocycles. The largest absolute Gasteiger partial charge is 0.351 e. The van der Waals surface area contributed by atoms with Crippen molar-refractivity contribution >= 4 is 41.0 Å². The summed E-state index contributed by atoms with van der Waals surface area (Å²) in [6.07, 6.45) is 0. The maximum atomic E-state index is 11.9. The summed E-state index contributed by atoms with van der Waals surface area (Å²) in [5.41, 5.74) is 1.83. The minimum Gasteiger partial charge on any atom is -0.351 e. The van der Waals surface area contributed by atoms with Crippen LogP contribution in [0.5, 0.6) is 0 Å². The van der Waals surface area contributed by atoms with Gasteiger partial charge in [-0.2, -0.15) is 0 Å². The van der Waals surface area contributed by atoms with Crippen LogP contribution < -0.4 is 16.0 Å². The molecule has 1 aromatic carbocycles. The van der Waals surface area contributed by atoms with E-state index in [1.54, 1.807) is 23.5 Å². The minimum atomic E-state index is -0.0938. The van der Waals surface area contributed by atoms with E-state index in [-0.39, 0.29) is 23.1 Å². The second-order valence-electron chi connectivity index (χ2n) is 5.07. The number of anilines is 1. The maximum absolute atomic E-state index is 11.9. The van der Waals surface area contributed by atoms with Crippen LogP contribution >= 0.6 is 23.5 Å². The minimum absolute atomic E-state index is 0.0286. The summed E-state index contributed by atoms with van der Waals surface area (Å²) in [6, 6.07) is 5.83. The third-order valence-corrected chi connectivity index (χ3v) is 5.59. The molecule has 7 heteroatoms. The Balaban J connectivity index is 1.63. The molecule has 2 heterocycles. The van der Waals surface area contributed by atoms with E-state index in [1.165, 1.54) is 0 Å². The van der Waals surface area contributed by atoms with Gasteiger partial charge in [0.2, 0.25) is 11.8 Å². The van der Waals surface area contributed by atoms with E-state index in [1.807, 2.05) is 25.1 Å². The lowest BCUT2D eigenvalue weighted by Gasteiger charge is -2.22. The molecule has 1 aromatic rings. The molecule has 21 heavy (non-hydrogen) atoms. The first kappa shape index (κ1) is 14.7. The highest BCUT2D eigenvalue weighted by molar-refractivity contribution is 8.01. The summed E-state index contributed by atoms with van der Waals surface area (Å²) in [4.78, 5) is 24.7. The van der Waals surface area contributed by atoms with Crippen molar-refractivity contribution < 1.29 is 9.59 Å². The molecule has 3 N–H and O–H groups in total. The standard InChI is InChI=1S/C14H17N3O2S2/c1-8-13(18)17-10-4-9(2-3-12(10)21-8)5-15-14(19)11-6-20-7-16-11/h2-4,8,11,16H,5-7H2,1H3,(H,15,19)(H,17,18). The van der Waals surface area contributed by atoms with Crippen molar-refractivity contribution in [1.82, 2.24) is 10.6 Å². The van der Waals surface area contributed by atoms with Crippen LogP contribution in [-0.2, 0) is 16.1 Å². The van der Waals surface area contributed by atoms with Gasteiger partial charge in [0.1, 0.15) is 0 Å². The molecule has 0 spiro atoms. The fourth-order valence-corrected chi connectivity index (χ4v) is 4.11. The third kappa shape index (κ3) is 3.36. The lowest BCUT2D eigenvalue weighted by molar-refractivity contribution is -0.122. The molecule has 0 aliphatic carbocycles. The Morgan fingerprint density at radius 1 is 1.48 bits per heavy atom. The number of carbonyl (C=O) groups excluding carboxylic acids is 2. The van der Waals surface area contributed by atoms with E-state index in [4.69, 9.17) is 0 Å². The number of fused-ring (bicyclic) bond motifs is 1. The molecular formula is C14H17N3O2S2. The maximum Gasteiger partial charge on any atom is 0.238 e. The Morgan fingerprint density at radius 3 is 3.10 bits per heavy atom. The molecule has 2 amide bonds. The summed E-state index contributed by atoms with van der Waals surface area (Å²) in [5, 5.41) is 8.92. The second kappa shape index (κ2) is 6.29. The molecule has 1 fully saturated rings. The first-order valence-electron chi connectivity index (χ1n) is 6.83. The normalized spacial score (nSPS) is 24.3. The van der Waals surface area contributed by atoms with E-state index in [9.17, 15) is 9.59 Å². The van der Waals surface area contributed by atoms with Gasteiger partial charge in [0.15, 0.2) is 0 Å². The molecule has 2 aliphatic heterocycles. The topological polar surface area (TPSA) is 70.2 Å². The SMILES string of the molecule is CC1Sc2ccc(CNC(=O)C3CSCN3)cc2NC1=O. The van der Waals surface area contributed by atoms with Crippen molar-refractivity contribution in [3.8, 4) is 0 Å². The highest BCUT2D eigenvalue weighted by Gasteiger charge is 2.24. The lowest BCUT2D eigenvalue weighted by atomic mass is 10.2. The Labute approximate surface area is 132 Å². The van der Waals surface area contributed by atoms with Crippen LogP contribution in [0.4, 0.5) is 5.69 Å². The molecule has 2 atom stereocenters. The Hall–Kier alpha value is -1.18. The van der Waals surface area contributed by atoms with Crippen LogP contribution in [0.3, 0.4) is 0 Å². The molecular weight excluding hydrogens is 306 g/mol. The quantitative estimate of drug-likeness (QED) is 0.784. The molecule has 5 nitrogen and oxygen atoms in total. The van der Waals surface area contributed by atoms with Gasteiger partial charge >= 0.3 is 0 Å². The Morgan fingerprint density at radius 2 is 2.33 bits per heavy atom. The first-order valence-corrected chi connectivity index (χ1v) is 8.86. The highest BCUT2D eigenvalue weighted by Crippen LogP contribution is 2.35. The number of hydrogen-bond donors (Lipinski definition) is 3. The van der Waals surface area contributed by atoms with Crippen LogP contribution in [0.1, 0.15) is 12.5 Å². The molecule has 0 bridgehead atoms. The van der Waals surface area contributed by atoms with Crippen LogP contribution in [-0.4, -0.2) is 34.7 Å². The highest BCUT2D eigenvalue weighted by atomic mass is 32.2. The van der Waals surface area contributed by atoms with E-state index in [0.29, 0.717) is 6.54 Å². The van der Waals surface area contributed by atoms with Crippen molar-refractivity contribution in [2.75, 3.05) is 16.9 Å². The van der Waals surface area contributed by atoms with Crippen LogP contribution in [0.25, 0.3) is 0 Å². The van der Waals surface area contributed by atoms with Crippen molar-refractivity contribution in [2.45, 2.75) is 29.7 Å². The monoisotopic (exact) mass is 323 g/mol. The molecule has 112 valence electrons. The zero-order chi connectivity index (χ0) is 14.8. The van der Waals surface area contributed by atoms with Crippen LogP contribution in [0, 0.1) is 0 Å². The zero-order valence-electron chi connectivity index (χ0n) is 11.6. The van der Waals surface area contributed by atoms with Gasteiger partial charge in [-0.1, -0.05) is 6.07 Å². The fraction of sp³-hybridized carbons (Fsp3) is 0.429. The summed E-state index contributed by atoms with van der Waals surface area (Å²) in [6.45, 7) is 2.37. The second-order valence-corrected chi connectivity index (χ2v) is 7.48. The van der Waals surface area contributed by atoms with E-state index in [2.05, 4.69) is 16.0 Å². The number of rotatable bonds is 3. The summed E-state index contributed by atoms with van der Waals surface area (Å²) in [7, 11) is 0. The molecule has 0 radical (unpaired) electrons. The number of thioether (sulfide) groups is 2. The molecule has 3 rings (SSSR count). The fourth-order valence-electron chi connectivity index (χ4n) is 2.24. The average Bonchev–Trinajstić information content (AvgIpc) is 3.00. The third-order valence-electron chi connectivity index (χ3n) is 3.47. The molecule has 0 aromatic heterocycles. The van der Waals surface area contributed by atoms with Gasteiger partial charge in [-0.25, -0.2) is 0 Å². The summed E-state index contributed by atoms with van der Waals surface area (Å²) < 4.78 is 0. The van der Waals surface area contributed by atoms with E-state index >= 15 is 0 Å². The Kier molecular flexibility index (Phi) is 4.42. The van der Waals surface area contributed by atoms with Gasteiger partial charge in [0.05, 0.1) is 17.0 Å². The van der Waals surface area contributed by atoms with Crippen molar-refractivity contribution in [2.24, 2.45) is 0 Å². The lowest BCUT2D eigenvalue weighted by Crippen LogP contribution is -2.41. The first-order chi connectivity index (χ1) is 10.1. The van der Waals surface area contributed by atoms with Gasteiger partial charge in [0.25, 0.3) is 0 Å². The van der Waals surface area contributed by atoms with E-state index < -0.39 is 0 Å². The van der Waals surface area contributed by atoms with E-state index in [0.717, 1.165) is 27.8 Å². The van der Waals surface area contributed by atoms with Crippen molar-refractivity contribution in [3.05, 3.63) is 23.8 Å². The number of hydrogen-bond acceptors (Lipinski definition) is 5. The predicted octanol–water partition coefficient (Wildman–Crippen LogP) is 1.40. The average molecular weight is 323 g/mol. The van der Waals surface area contributed by atoms with Gasteiger partial charge < -0.3 is 10.6 Å². The van der Waals surface area contributed by atoms with Crippen LogP contribution in [0.2, 0.25) is 0 Å². The summed E-state index contributed by atoms with van der Waals surface area (Å²) >= 11 is 3.29. The molecule has 2 aliphatic rings. The van der Waals surface area contributed by atoms with Gasteiger partial charge in [-0.3, -0.25) is 14.9 Å². The predicted molar refractivity (Wildman–Crippen MR) is 86.5 cm³/mol.